The number of rotatable bonds is 77. The van der Waals surface area contributed by atoms with Gasteiger partial charge < -0.3 is 33.8 Å². The summed E-state index contributed by atoms with van der Waals surface area (Å²) in [4.78, 5) is 73.0. The molecule has 0 fully saturated rings. The zero-order chi connectivity index (χ0) is 72.3. The number of ether oxygens (including phenoxy) is 4. The molecule has 0 aromatic carbocycles. The summed E-state index contributed by atoms with van der Waals surface area (Å²) in [5.41, 5.74) is 0. The van der Waals surface area contributed by atoms with Crippen molar-refractivity contribution >= 4 is 39.5 Å². The highest BCUT2D eigenvalue weighted by atomic mass is 31.2. The van der Waals surface area contributed by atoms with Crippen LogP contribution in [0, 0.1) is 17.8 Å². The third kappa shape index (κ3) is 72.4. The van der Waals surface area contributed by atoms with Gasteiger partial charge in [0.1, 0.15) is 19.3 Å². The minimum Gasteiger partial charge on any atom is -0.462 e. The Morgan fingerprint density at radius 2 is 0.469 bits per heavy atom. The molecule has 98 heavy (non-hydrogen) atoms. The number of carbonyl (C=O) groups excluding carboxylic acids is 4. The molecule has 0 saturated heterocycles. The largest absolute Gasteiger partial charge is 0.472 e. The molecule has 0 spiro atoms. The van der Waals surface area contributed by atoms with Crippen LogP contribution in [0.1, 0.15) is 408 Å². The van der Waals surface area contributed by atoms with E-state index in [1.807, 2.05) is 0 Å². The van der Waals surface area contributed by atoms with Crippen LogP contribution in [0.15, 0.2) is 0 Å². The molecule has 0 heterocycles. The predicted molar refractivity (Wildman–Crippen MR) is 400 cm³/mol. The molecule has 3 N–H and O–H groups in total. The van der Waals surface area contributed by atoms with Gasteiger partial charge in [0.25, 0.3) is 0 Å². The summed E-state index contributed by atoms with van der Waals surface area (Å²) in [6, 6.07) is 0. The lowest BCUT2D eigenvalue weighted by molar-refractivity contribution is -0.161. The summed E-state index contributed by atoms with van der Waals surface area (Å²) in [5, 5.41) is 10.6. The van der Waals surface area contributed by atoms with Gasteiger partial charge in [-0.3, -0.25) is 37.3 Å². The summed E-state index contributed by atoms with van der Waals surface area (Å²) in [7, 11) is -9.92. The van der Waals surface area contributed by atoms with Crippen LogP contribution in [0.25, 0.3) is 0 Å². The molecule has 0 aliphatic carbocycles. The van der Waals surface area contributed by atoms with Crippen molar-refractivity contribution in [1.82, 2.24) is 0 Å². The number of esters is 4. The van der Waals surface area contributed by atoms with E-state index in [2.05, 4.69) is 48.5 Å². The smallest absolute Gasteiger partial charge is 0.462 e. The Labute approximate surface area is 600 Å². The molecule has 5 atom stereocenters. The molecule has 2 unspecified atom stereocenters. The van der Waals surface area contributed by atoms with E-state index in [0.29, 0.717) is 25.7 Å². The van der Waals surface area contributed by atoms with E-state index >= 15 is 0 Å². The number of carbonyl (C=O) groups is 4. The molecular weight excluding hydrogens is 1280 g/mol. The number of aliphatic hydroxyl groups excluding tert-OH is 1. The van der Waals surface area contributed by atoms with E-state index in [9.17, 15) is 43.2 Å². The van der Waals surface area contributed by atoms with Gasteiger partial charge >= 0.3 is 39.5 Å². The van der Waals surface area contributed by atoms with Crippen LogP contribution in [-0.4, -0.2) is 96.7 Å². The molecule has 0 saturated carbocycles. The number of hydrogen-bond donors (Lipinski definition) is 3. The molecule has 582 valence electrons. The van der Waals surface area contributed by atoms with Crippen molar-refractivity contribution in [1.29, 1.82) is 0 Å². The second kappa shape index (κ2) is 69.4. The van der Waals surface area contributed by atoms with Gasteiger partial charge in [0.2, 0.25) is 0 Å². The number of hydrogen-bond acceptors (Lipinski definition) is 15. The maximum Gasteiger partial charge on any atom is 0.472 e. The van der Waals surface area contributed by atoms with Crippen molar-refractivity contribution in [2.75, 3.05) is 39.6 Å². The maximum atomic E-state index is 13.1. The molecule has 0 bridgehead atoms. The topological polar surface area (TPSA) is 237 Å². The van der Waals surface area contributed by atoms with Crippen molar-refractivity contribution < 1.29 is 80.2 Å². The van der Waals surface area contributed by atoms with Crippen LogP contribution in [0.4, 0.5) is 0 Å². The predicted octanol–water partition coefficient (Wildman–Crippen LogP) is 23.4. The molecule has 0 rings (SSSR count). The molecule has 0 aromatic rings. The van der Waals surface area contributed by atoms with Crippen molar-refractivity contribution in [3.63, 3.8) is 0 Å². The lowest BCUT2D eigenvalue weighted by Gasteiger charge is -2.21. The van der Waals surface area contributed by atoms with Crippen LogP contribution in [0.3, 0.4) is 0 Å². The third-order valence-electron chi connectivity index (χ3n) is 18.4. The monoisotopic (exact) mass is 1440 g/mol. The van der Waals surface area contributed by atoms with Gasteiger partial charge in [0.05, 0.1) is 26.4 Å². The first-order valence-corrected chi connectivity index (χ1v) is 43.8. The molecule has 0 amide bonds. The zero-order valence-corrected chi connectivity index (χ0v) is 66.0. The second-order valence-electron chi connectivity index (χ2n) is 29.9. The van der Waals surface area contributed by atoms with E-state index in [0.717, 1.165) is 108 Å². The number of phosphoric ester groups is 2. The summed E-state index contributed by atoms with van der Waals surface area (Å²) in [6.45, 7) is 11.9. The molecule has 0 aliphatic rings. The molecule has 0 aliphatic heterocycles. The first-order valence-electron chi connectivity index (χ1n) is 40.8. The Balaban J connectivity index is 5.25. The number of aliphatic hydroxyl groups is 1. The van der Waals surface area contributed by atoms with Crippen LogP contribution in [-0.2, 0) is 65.4 Å². The molecule has 0 radical (unpaired) electrons. The molecule has 17 nitrogen and oxygen atoms in total. The Morgan fingerprint density at radius 1 is 0.276 bits per heavy atom. The Morgan fingerprint density at radius 3 is 0.694 bits per heavy atom. The highest BCUT2D eigenvalue weighted by molar-refractivity contribution is 7.47. The van der Waals surface area contributed by atoms with Gasteiger partial charge in [-0.25, -0.2) is 9.13 Å². The Kier molecular flexibility index (Phi) is 68.1. The molecule has 0 aromatic heterocycles. The zero-order valence-electron chi connectivity index (χ0n) is 64.3. The normalized spacial score (nSPS) is 14.0. The minimum absolute atomic E-state index is 0.105. The van der Waals surface area contributed by atoms with E-state index in [1.54, 1.807) is 0 Å². The van der Waals surface area contributed by atoms with E-state index < -0.39 is 97.5 Å². The van der Waals surface area contributed by atoms with Crippen LogP contribution >= 0.6 is 15.6 Å². The van der Waals surface area contributed by atoms with Gasteiger partial charge in [-0.05, 0) is 43.4 Å². The van der Waals surface area contributed by atoms with Crippen LogP contribution < -0.4 is 0 Å². The second-order valence-corrected chi connectivity index (χ2v) is 32.8. The van der Waals surface area contributed by atoms with Gasteiger partial charge in [-0.15, -0.1) is 0 Å². The van der Waals surface area contributed by atoms with Crippen LogP contribution in [0.2, 0.25) is 0 Å². The highest BCUT2D eigenvalue weighted by Gasteiger charge is 2.30. The SMILES string of the molecule is CCCCCCCCCCCCCCCCCCCCC(=O)O[C@H](COC(=O)CCCCCCCCCCCCCCCC(C)C)COP(=O)(O)OC[C@@H](O)COP(=O)(O)OC[C@@H](COC(=O)CCCCCCCCCCCC(C)C)OC(=O)CCCCCCCCCCCC(C)C. The van der Waals surface area contributed by atoms with Gasteiger partial charge in [0, 0.05) is 25.7 Å². The lowest BCUT2D eigenvalue weighted by Crippen LogP contribution is -2.30. The fourth-order valence-corrected chi connectivity index (χ4v) is 13.7. The van der Waals surface area contributed by atoms with E-state index in [-0.39, 0.29) is 25.7 Å². The third-order valence-corrected chi connectivity index (χ3v) is 20.3. The summed E-state index contributed by atoms with van der Waals surface area (Å²) in [6.07, 6.45) is 56.9. The van der Waals surface area contributed by atoms with Crippen molar-refractivity contribution in [2.24, 2.45) is 17.8 Å². The Hall–Kier alpha value is -1.94. The fourth-order valence-electron chi connectivity index (χ4n) is 12.1. The average Bonchev–Trinajstić information content (AvgIpc) is 1.07. The van der Waals surface area contributed by atoms with Gasteiger partial charge in [0.15, 0.2) is 12.2 Å². The van der Waals surface area contributed by atoms with Crippen molar-refractivity contribution in [2.45, 2.75) is 426 Å². The summed E-state index contributed by atoms with van der Waals surface area (Å²) in [5.74, 6) is 0.158. The minimum atomic E-state index is -4.96. The van der Waals surface area contributed by atoms with Gasteiger partial charge in [-0.2, -0.15) is 0 Å². The van der Waals surface area contributed by atoms with E-state index in [4.69, 9.17) is 37.0 Å². The van der Waals surface area contributed by atoms with Crippen LogP contribution in [0.5, 0.6) is 0 Å². The maximum absolute atomic E-state index is 13.1. The fraction of sp³-hybridized carbons (Fsp3) is 0.949. The van der Waals surface area contributed by atoms with Crippen molar-refractivity contribution in [3.8, 4) is 0 Å². The standard InChI is InChI=1S/C79H154O17P2/c1-8-9-10-11-12-13-14-15-16-17-18-19-22-26-33-41-48-55-62-78(83)95-74(66-89-76(81)60-53-46-39-32-25-23-20-21-24-29-36-43-50-57-70(2)3)68-93-97(85,86)91-64-73(80)65-92-98(87,88)94-69-75(96-79(84)63-56-49-42-35-28-31-38-45-52-59-72(6)7)67-90-77(82)61-54-47-40-34-27-30-37-44-51-58-71(4)5/h70-75,80H,8-69H2,1-7H3,(H,85,86)(H,87,88)/t73-,74-,75-/m1/s1. The van der Waals surface area contributed by atoms with Gasteiger partial charge in [-0.1, -0.05) is 357 Å². The quantitative estimate of drug-likeness (QED) is 0.0222. The number of phosphoric acid groups is 2. The first-order chi connectivity index (χ1) is 47.2. The molecule has 19 heteroatoms. The number of unbranched alkanes of at least 4 members (excludes halogenated alkanes) is 45. The summed E-state index contributed by atoms with van der Waals surface area (Å²) < 4.78 is 68.7. The average molecular weight is 1440 g/mol. The van der Waals surface area contributed by atoms with E-state index in [1.165, 1.54) is 218 Å². The van der Waals surface area contributed by atoms with Crippen molar-refractivity contribution in [3.05, 3.63) is 0 Å². The highest BCUT2D eigenvalue weighted by Crippen LogP contribution is 2.45. The molecular formula is C79H154O17P2. The summed E-state index contributed by atoms with van der Waals surface area (Å²) >= 11 is 0. The first kappa shape index (κ1) is 96.1. The lowest BCUT2D eigenvalue weighted by atomic mass is 10.0. The Bertz CT molecular complexity index is 1900.